The molecule has 0 amide bonds. The highest BCUT2D eigenvalue weighted by Gasteiger charge is 2.67. The minimum Gasteiger partial charge on any atom is -0.478 e. The second kappa shape index (κ2) is 10.2. The lowest BCUT2D eigenvalue weighted by molar-refractivity contribution is -0.325. The summed E-state index contributed by atoms with van der Waals surface area (Å²) in [7, 11) is 1.45. The summed E-state index contributed by atoms with van der Waals surface area (Å²) < 4.78 is 0. The fourth-order valence-electron chi connectivity index (χ4n) is 8.78. The van der Waals surface area contributed by atoms with E-state index in [-0.39, 0.29) is 29.6 Å². The predicted molar refractivity (Wildman–Crippen MR) is 139 cm³/mol. The van der Waals surface area contributed by atoms with E-state index in [0.717, 1.165) is 32.1 Å². The van der Waals surface area contributed by atoms with Crippen LogP contribution in [0.15, 0.2) is 16.9 Å². The summed E-state index contributed by atoms with van der Waals surface area (Å²) in [5, 5.41) is 39.1. The zero-order valence-corrected chi connectivity index (χ0v) is 23.1. The van der Waals surface area contributed by atoms with Gasteiger partial charge in [0.1, 0.15) is 18.5 Å². The molecule has 0 aromatic rings. The molecule has 4 aliphatic carbocycles. The summed E-state index contributed by atoms with van der Waals surface area (Å²) in [5.74, 6) is -1.86. The zero-order valence-electron chi connectivity index (χ0n) is 23.1. The fraction of sp³-hybridized carbons (Fsp3) is 0.786. The van der Waals surface area contributed by atoms with Gasteiger partial charge in [0.2, 0.25) is 0 Å². The van der Waals surface area contributed by atoms with Crippen molar-refractivity contribution >= 4 is 23.4 Å². The molecule has 216 valence electrons. The molecule has 0 aromatic heterocycles. The number of carboxylic acids is 2. The van der Waals surface area contributed by atoms with Crippen LogP contribution in [0.5, 0.6) is 0 Å². The third kappa shape index (κ3) is 4.46. The van der Waals surface area contributed by atoms with Gasteiger partial charge in [-0.15, -0.1) is 0 Å². The number of fused-ring (bicyclic) bond motifs is 5. The minimum atomic E-state index is -1.41. The van der Waals surface area contributed by atoms with E-state index >= 15 is 0 Å². The van der Waals surface area contributed by atoms with Gasteiger partial charge >= 0.3 is 11.9 Å². The van der Waals surface area contributed by atoms with Crippen LogP contribution in [0.2, 0.25) is 0 Å². The summed E-state index contributed by atoms with van der Waals surface area (Å²) >= 11 is 0. The topological polar surface area (TPSA) is 149 Å². The highest BCUT2D eigenvalue weighted by molar-refractivity contribution is 5.95. The average molecular weight is 548 g/mol. The van der Waals surface area contributed by atoms with Crippen LogP contribution in [0.25, 0.3) is 0 Å². The van der Waals surface area contributed by atoms with Gasteiger partial charge in [0.25, 0.3) is 0 Å². The first-order chi connectivity index (χ1) is 18.4. The molecular weight excluding hydrogens is 506 g/mol. The highest BCUT2D eigenvalue weighted by Crippen LogP contribution is 2.66. The normalized spacial score (nSPS) is 41.6. The predicted octanol–water partition coefficient (Wildman–Crippen LogP) is 2.99. The molecule has 5 rings (SSSR count). The number of hydroxylamine groups is 4. The monoisotopic (exact) mass is 547 g/mol. The third-order valence-electron chi connectivity index (χ3n) is 10.9. The van der Waals surface area contributed by atoms with Crippen LogP contribution >= 0.6 is 0 Å². The summed E-state index contributed by atoms with van der Waals surface area (Å²) in [6, 6.07) is -0.606. The number of oxime groups is 1. The van der Waals surface area contributed by atoms with Crippen molar-refractivity contribution in [1.82, 2.24) is 10.1 Å². The molecule has 0 bridgehead atoms. The van der Waals surface area contributed by atoms with Gasteiger partial charge < -0.3 is 20.2 Å². The number of carboxylic acid groups (broad SMARTS) is 2. The molecule has 11 heteroatoms. The summed E-state index contributed by atoms with van der Waals surface area (Å²) in [4.78, 5) is 48.0. The Kier molecular flexibility index (Phi) is 7.30. The quantitative estimate of drug-likeness (QED) is 0.321. The molecule has 7 atom stereocenters. The van der Waals surface area contributed by atoms with Crippen molar-refractivity contribution in [2.24, 2.45) is 33.7 Å². The first-order valence-electron chi connectivity index (χ1n) is 14.2. The number of hydrogen-bond acceptors (Lipinski definition) is 9. The van der Waals surface area contributed by atoms with Crippen molar-refractivity contribution in [3.8, 4) is 0 Å². The number of Topliss-reactive ketones (excluding diaryl/α,β-unsaturated/α-hetero) is 1. The summed E-state index contributed by atoms with van der Waals surface area (Å²) in [6.07, 6.45) is 7.21. The molecule has 0 spiro atoms. The van der Waals surface area contributed by atoms with Crippen LogP contribution in [-0.2, 0) is 24.2 Å². The van der Waals surface area contributed by atoms with Crippen LogP contribution in [0.1, 0.15) is 78.1 Å². The molecule has 1 unspecified atom stereocenters. The maximum Gasteiger partial charge on any atom is 0.354 e. The molecule has 39 heavy (non-hydrogen) atoms. The number of aliphatic hydroxyl groups is 1. The van der Waals surface area contributed by atoms with Crippen LogP contribution in [-0.4, -0.2) is 80.7 Å². The number of rotatable bonds is 7. The number of ketones is 1. The van der Waals surface area contributed by atoms with E-state index in [4.69, 9.17) is 9.78 Å². The van der Waals surface area contributed by atoms with Crippen molar-refractivity contribution in [1.29, 1.82) is 0 Å². The van der Waals surface area contributed by atoms with Crippen molar-refractivity contribution in [2.45, 2.75) is 89.7 Å². The Morgan fingerprint density at radius 3 is 2.46 bits per heavy atom. The molecule has 1 heterocycles. The first-order valence-corrected chi connectivity index (χ1v) is 14.2. The van der Waals surface area contributed by atoms with Crippen molar-refractivity contribution in [2.75, 3.05) is 20.2 Å². The SMILES string of the molecule is CO/N=C1\C[C@H]2[C@@H]3CCC(=O)[C@@]3(C)CC[C@@H]2[C@@]2(C)CCC(N(ON3CCCC3)/C(=C\C(=O)O)C(=O)O)C[C@]12O. The van der Waals surface area contributed by atoms with Crippen LogP contribution in [0, 0.1) is 28.6 Å². The second-order valence-electron chi connectivity index (χ2n) is 12.6. The van der Waals surface area contributed by atoms with Crippen LogP contribution in [0.3, 0.4) is 0 Å². The molecule has 0 radical (unpaired) electrons. The first kappa shape index (κ1) is 28.0. The Bertz CT molecular complexity index is 1090. The van der Waals surface area contributed by atoms with Gasteiger partial charge in [0, 0.05) is 36.8 Å². The zero-order chi connectivity index (χ0) is 28.2. The maximum atomic E-state index is 12.9. The van der Waals surface area contributed by atoms with Crippen molar-refractivity contribution in [3.63, 3.8) is 0 Å². The van der Waals surface area contributed by atoms with E-state index in [1.165, 1.54) is 12.2 Å². The number of aliphatic carboxylic acids is 2. The lowest BCUT2D eigenvalue weighted by atomic mass is 9.43. The summed E-state index contributed by atoms with van der Waals surface area (Å²) in [6.45, 7) is 5.40. The van der Waals surface area contributed by atoms with Gasteiger partial charge in [-0.1, -0.05) is 19.0 Å². The third-order valence-corrected chi connectivity index (χ3v) is 10.9. The van der Waals surface area contributed by atoms with Crippen LogP contribution in [0.4, 0.5) is 0 Å². The van der Waals surface area contributed by atoms with Gasteiger partial charge in [-0.25, -0.2) is 14.7 Å². The molecule has 3 N–H and O–H groups in total. The minimum absolute atomic E-state index is 0.119. The van der Waals surface area contributed by atoms with Crippen LogP contribution < -0.4 is 0 Å². The Morgan fingerprint density at radius 1 is 1.10 bits per heavy atom. The number of carbonyl (C=O) groups excluding carboxylic acids is 1. The van der Waals surface area contributed by atoms with Gasteiger partial charge in [-0.05, 0) is 69.1 Å². The lowest BCUT2D eigenvalue weighted by Gasteiger charge is -2.63. The average Bonchev–Trinajstić information content (AvgIpc) is 3.50. The number of carbonyl (C=O) groups is 3. The van der Waals surface area contributed by atoms with E-state index in [1.54, 1.807) is 5.06 Å². The van der Waals surface area contributed by atoms with E-state index in [1.807, 2.05) is 0 Å². The van der Waals surface area contributed by atoms with Gasteiger partial charge in [-0.3, -0.25) is 4.79 Å². The Labute approximate surface area is 228 Å². The molecule has 5 fully saturated rings. The van der Waals surface area contributed by atoms with E-state index in [0.29, 0.717) is 56.3 Å². The lowest BCUT2D eigenvalue weighted by Crippen LogP contribution is -2.68. The van der Waals surface area contributed by atoms with E-state index < -0.39 is 34.7 Å². The molecule has 4 saturated carbocycles. The Morgan fingerprint density at radius 2 is 1.82 bits per heavy atom. The standard InChI is InChI=1S/C28H41N3O8/c1-26-10-9-20-18(19(26)6-7-23(26)32)14-22(29-38-3)28(37)16-17(8-11-27(20,28)2)31(39-30-12-4-5-13-30)21(25(35)36)15-24(33)34/h15,17-20,37H,4-14,16H2,1-3H3,(H,33,34)(H,35,36)/b21-15-,29-22+/t17?,18-,19-,20-,26-,27+,28-/m0/s1. The molecule has 5 aliphatic rings. The number of hydrogen-bond donors (Lipinski definition) is 3. The maximum absolute atomic E-state index is 12.9. The van der Waals surface area contributed by atoms with Gasteiger partial charge in [-0.2, -0.15) is 10.0 Å². The highest BCUT2D eigenvalue weighted by atomic mass is 16.8. The van der Waals surface area contributed by atoms with Crippen molar-refractivity contribution in [3.05, 3.63) is 11.8 Å². The molecule has 0 aromatic carbocycles. The Hall–Kier alpha value is -2.50. The molecular formula is C28H41N3O8. The fourth-order valence-corrected chi connectivity index (χ4v) is 8.78. The number of nitrogens with zero attached hydrogens (tertiary/aromatic N) is 3. The second-order valence-corrected chi connectivity index (χ2v) is 12.6. The molecule has 11 nitrogen and oxygen atoms in total. The smallest absolute Gasteiger partial charge is 0.354 e. The van der Waals surface area contributed by atoms with E-state index in [9.17, 15) is 29.7 Å². The molecule has 1 saturated heterocycles. The summed E-state index contributed by atoms with van der Waals surface area (Å²) in [5.41, 5.74) is -2.29. The van der Waals surface area contributed by atoms with Gasteiger partial charge in [0.15, 0.2) is 5.70 Å². The van der Waals surface area contributed by atoms with E-state index in [2.05, 4.69) is 19.0 Å². The van der Waals surface area contributed by atoms with Gasteiger partial charge in [0.05, 0.1) is 17.8 Å². The largest absolute Gasteiger partial charge is 0.478 e. The Balaban J connectivity index is 1.51. The van der Waals surface area contributed by atoms with Crippen molar-refractivity contribution < 1.29 is 39.5 Å². The molecule has 1 aliphatic heterocycles.